The van der Waals surface area contributed by atoms with Crippen molar-refractivity contribution in [3.8, 4) is 0 Å². The van der Waals surface area contributed by atoms with Gasteiger partial charge in [-0.05, 0) is 0 Å². The summed E-state index contributed by atoms with van der Waals surface area (Å²) >= 11 is 3.84. The van der Waals surface area contributed by atoms with Crippen molar-refractivity contribution in [2.75, 3.05) is 89.5 Å². The molecule has 0 unspecified atom stereocenters. The minimum atomic E-state index is 0. The van der Waals surface area contributed by atoms with Gasteiger partial charge >= 0.3 is 0 Å². The van der Waals surface area contributed by atoms with Crippen molar-refractivity contribution >= 4 is 37.0 Å². The third kappa shape index (κ3) is 11.9. The van der Waals surface area contributed by atoms with Crippen molar-refractivity contribution in [2.24, 2.45) is 0 Å². The van der Waals surface area contributed by atoms with E-state index in [1.807, 2.05) is 23.5 Å². The summed E-state index contributed by atoms with van der Waals surface area (Å²) in [5, 5.41) is 36.4. The van der Waals surface area contributed by atoms with E-state index in [2.05, 4.69) is 19.6 Å². The van der Waals surface area contributed by atoms with Gasteiger partial charge in [0.25, 0.3) is 0 Å². The number of aliphatic hydroxyl groups excluding tert-OH is 4. The Balaban J connectivity index is 0.000000495. The van der Waals surface area contributed by atoms with E-state index in [0.29, 0.717) is 26.2 Å². The normalized spacial score (nSPS) is 20.6. The summed E-state index contributed by atoms with van der Waals surface area (Å²) in [4.78, 5) is 8.53. The zero-order valence-corrected chi connectivity index (χ0v) is 17.4. The fourth-order valence-electron chi connectivity index (χ4n) is 2.53. The van der Waals surface area contributed by atoms with E-state index in [9.17, 15) is 0 Å². The highest BCUT2D eigenvalue weighted by Gasteiger charge is 2.21. The lowest BCUT2D eigenvalue weighted by Crippen LogP contribution is -2.56. The second kappa shape index (κ2) is 16.9. The van der Waals surface area contributed by atoms with E-state index in [1.54, 1.807) is 0 Å². The molecular formula is C14H34N4O4S3. The Bertz CT molecular complexity index is 268. The Morgan fingerprint density at radius 1 is 0.560 bits per heavy atom. The smallest absolute Gasteiger partial charge is 0.0559 e. The molecule has 0 aromatic rings. The third-order valence-electron chi connectivity index (χ3n) is 3.58. The molecule has 8 nitrogen and oxygen atoms in total. The topological polar surface area (TPSA) is 93.9 Å². The van der Waals surface area contributed by atoms with Crippen LogP contribution in [-0.4, -0.2) is 129 Å². The van der Waals surface area contributed by atoms with Crippen molar-refractivity contribution < 1.29 is 20.4 Å². The van der Waals surface area contributed by atoms with Gasteiger partial charge in [-0.25, -0.2) is 0 Å². The van der Waals surface area contributed by atoms with Crippen LogP contribution in [0.15, 0.2) is 0 Å². The van der Waals surface area contributed by atoms with Gasteiger partial charge in [0.15, 0.2) is 0 Å². The summed E-state index contributed by atoms with van der Waals surface area (Å²) in [6.45, 7) is 5.73. The number of nitrogens with zero attached hydrogens (tertiary/aromatic N) is 4. The summed E-state index contributed by atoms with van der Waals surface area (Å²) in [6.07, 6.45) is 0. The van der Waals surface area contributed by atoms with Crippen LogP contribution in [0.4, 0.5) is 0 Å². The summed E-state index contributed by atoms with van der Waals surface area (Å²) in [5.74, 6) is 2.18. The lowest BCUT2D eigenvalue weighted by Gasteiger charge is -2.41. The predicted molar refractivity (Wildman–Crippen MR) is 110 cm³/mol. The number of rotatable bonds is 8. The molecule has 152 valence electrons. The molecule has 0 aromatic carbocycles. The van der Waals surface area contributed by atoms with Crippen LogP contribution in [0.1, 0.15) is 0 Å². The maximum Gasteiger partial charge on any atom is 0.0559 e. The van der Waals surface area contributed by atoms with E-state index < -0.39 is 0 Å². The molecule has 0 aromatic heterocycles. The van der Waals surface area contributed by atoms with Gasteiger partial charge in [0.05, 0.1) is 46.4 Å². The van der Waals surface area contributed by atoms with Gasteiger partial charge in [0.1, 0.15) is 0 Å². The van der Waals surface area contributed by atoms with Crippen LogP contribution in [0.3, 0.4) is 0 Å². The molecule has 2 fully saturated rings. The van der Waals surface area contributed by atoms with Crippen molar-refractivity contribution in [3.63, 3.8) is 0 Å². The Morgan fingerprint density at radius 3 is 1.20 bits per heavy atom. The molecule has 0 atom stereocenters. The lowest BCUT2D eigenvalue weighted by atomic mass is 10.4. The Morgan fingerprint density at radius 2 is 0.880 bits per heavy atom. The van der Waals surface area contributed by atoms with E-state index in [0.717, 1.165) is 38.3 Å². The average molecular weight is 419 g/mol. The monoisotopic (exact) mass is 418 g/mol. The zero-order chi connectivity index (χ0) is 17.6. The largest absolute Gasteiger partial charge is 0.395 e. The minimum Gasteiger partial charge on any atom is -0.395 e. The van der Waals surface area contributed by atoms with Gasteiger partial charge in [-0.2, -0.15) is 13.5 Å². The fourth-order valence-corrected chi connectivity index (χ4v) is 4.67. The first-order valence-electron chi connectivity index (χ1n) is 8.21. The molecule has 2 saturated heterocycles. The van der Waals surface area contributed by atoms with E-state index in [-0.39, 0.29) is 33.3 Å². The zero-order valence-electron chi connectivity index (χ0n) is 14.8. The molecule has 0 saturated carbocycles. The van der Waals surface area contributed by atoms with Gasteiger partial charge in [-0.1, -0.05) is 0 Å². The first-order valence-corrected chi connectivity index (χ1v) is 10.5. The number of aliphatic hydroxyl groups is 4. The molecule has 25 heavy (non-hydrogen) atoms. The van der Waals surface area contributed by atoms with Crippen molar-refractivity contribution in [3.05, 3.63) is 0 Å². The molecule has 11 heteroatoms. The Kier molecular flexibility index (Phi) is 17.4. The number of hydrogen-bond donors (Lipinski definition) is 4. The molecule has 2 aliphatic heterocycles. The van der Waals surface area contributed by atoms with Crippen molar-refractivity contribution in [1.29, 1.82) is 0 Å². The highest BCUT2D eigenvalue weighted by Crippen LogP contribution is 2.20. The third-order valence-corrected chi connectivity index (χ3v) is 6.01. The molecule has 2 rings (SSSR count). The highest BCUT2D eigenvalue weighted by molar-refractivity contribution is 8.16. The number of β-amino-alcohol motifs (C(OH)–C–C–N with tert-alkyl or cyclic N) is 4. The standard InChI is InChI=1S/C9H21N3O3.C5H11NOS2.H2S/c13-4-1-10-7-11(2-5-14)9-12(8-10)3-6-15;7-2-1-6-3-8-5-9-4-6;/h13-15H,1-9H2;7H,1-5H2;1H2. The first-order chi connectivity index (χ1) is 11.7. The minimum absolute atomic E-state index is 0. The van der Waals surface area contributed by atoms with Crippen LogP contribution in [0, 0.1) is 0 Å². The Hall–Kier alpha value is 0.730. The van der Waals surface area contributed by atoms with Crippen molar-refractivity contribution in [2.45, 2.75) is 0 Å². The molecule has 0 radical (unpaired) electrons. The van der Waals surface area contributed by atoms with Gasteiger partial charge in [0.2, 0.25) is 0 Å². The molecular weight excluding hydrogens is 384 g/mol. The van der Waals surface area contributed by atoms with Crippen LogP contribution in [0.25, 0.3) is 0 Å². The van der Waals surface area contributed by atoms with Crippen LogP contribution >= 0.6 is 37.0 Å². The number of hydrogen-bond acceptors (Lipinski definition) is 10. The summed E-state index contributed by atoms with van der Waals surface area (Å²) in [5.41, 5.74) is 0. The van der Waals surface area contributed by atoms with Crippen LogP contribution in [-0.2, 0) is 0 Å². The van der Waals surface area contributed by atoms with E-state index in [4.69, 9.17) is 20.4 Å². The van der Waals surface area contributed by atoms with Crippen LogP contribution < -0.4 is 0 Å². The molecule has 2 heterocycles. The molecule has 4 N–H and O–H groups in total. The fraction of sp³-hybridized carbons (Fsp3) is 1.00. The SMILES string of the molecule is OCCN1CN(CCO)CN(CCO)C1.OCCN1CSCSC1.S. The maximum absolute atomic E-state index is 8.87. The number of thioether (sulfide) groups is 2. The van der Waals surface area contributed by atoms with Gasteiger partial charge in [-0.15, -0.1) is 23.5 Å². The molecule has 0 amide bonds. The van der Waals surface area contributed by atoms with Crippen LogP contribution in [0.5, 0.6) is 0 Å². The van der Waals surface area contributed by atoms with Crippen molar-refractivity contribution in [1.82, 2.24) is 19.6 Å². The lowest BCUT2D eigenvalue weighted by molar-refractivity contribution is -0.0448. The highest BCUT2D eigenvalue weighted by atomic mass is 32.2. The second-order valence-electron chi connectivity index (χ2n) is 5.68. The second-order valence-corrected chi connectivity index (χ2v) is 7.96. The van der Waals surface area contributed by atoms with Crippen LogP contribution in [0.2, 0.25) is 0 Å². The predicted octanol–water partition coefficient (Wildman–Crippen LogP) is -1.50. The summed E-state index contributed by atoms with van der Waals surface area (Å²) < 4.78 is 0. The molecule has 0 bridgehead atoms. The molecule has 0 spiro atoms. The summed E-state index contributed by atoms with van der Waals surface area (Å²) in [6, 6.07) is 0. The van der Waals surface area contributed by atoms with Gasteiger partial charge < -0.3 is 20.4 Å². The van der Waals surface area contributed by atoms with E-state index >= 15 is 0 Å². The maximum atomic E-state index is 8.87. The Labute approximate surface area is 166 Å². The average Bonchev–Trinajstić information content (AvgIpc) is 2.57. The van der Waals surface area contributed by atoms with E-state index in [1.165, 1.54) is 5.08 Å². The van der Waals surface area contributed by atoms with Gasteiger partial charge in [-0.3, -0.25) is 19.6 Å². The summed E-state index contributed by atoms with van der Waals surface area (Å²) in [7, 11) is 0. The quantitative estimate of drug-likeness (QED) is 0.373. The molecule has 2 aliphatic rings. The first kappa shape index (κ1) is 25.7. The van der Waals surface area contributed by atoms with Gasteiger partial charge in [0, 0.05) is 43.0 Å². The molecule has 0 aliphatic carbocycles.